The molecule has 0 fully saturated rings. The number of aromatic carboxylic acids is 1. The summed E-state index contributed by atoms with van der Waals surface area (Å²) in [5, 5.41) is 10.4. The molecule has 0 atom stereocenters. The summed E-state index contributed by atoms with van der Waals surface area (Å²) in [5.74, 6) is -1.00. The van der Waals surface area contributed by atoms with E-state index in [9.17, 15) is 9.90 Å². The molecule has 0 bridgehead atoms. The first-order valence-corrected chi connectivity index (χ1v) is 7.32. The van der Waals surface area contributed by atoms with Crippen LogP contribution in [0.25, 0.3) is 22.2 Å². The molecule has 0 saturated carbocycles. The Morgan fingerprint density at radius 3 is 2.62 bits per heavy atom. The number of halogens is 2. The summed E-state index contributed by atoms with van der Waals surface area (Å²) in [6, 6.07) is 14.2. The van der Waals surface area contributed by atoms with Crippen molar-refractivity contribution in [2.24, 2.45) is 0 Å². The summed E-state index contributed by atoms with van der Waals surface area (Å²) in [6.07, 6.45) is 0. The fourth-order valence-corrected chi connectivity index (χ4v) is 2.90. The van der Waals surface area contributed by atoms with Crippen molar-refractivity contribution in [3.63, 3.8) is 0 Å². The van der Waals surface area contributed by atoms with E-state index in [4.69, 9.17) is 11.6 Å². The van der Waals surface area contributed by atoms with E-state index < -0.39 is 5.97 Å². The van der Waals surface area contributed by atoms with Gasteiger partial charge in [0.2, 0.25) is 0 Å². The number of nitrogens with zero attached hydrogens (tertiary/aromatic N) is 1. The van der Waals surface area contributed by atoms with E-state index in [-0.39, 0.29) is 5.56 Å². The highest BCUT2D eigenvalue weighted by Crippen LogP contribution is 2.32. The standard InChI is InChI=1S/C16H9BrClNO2/c17-12-6-2-1-4-10(12)14-8-11(16(20)21)9-5-3-7-13(18)15(9)19-14/h1-8H,(H,20,21). The molecule has 3 aromatic rings. The van der Waals surface area contributed by atoms with Crippen LogP contribution < -0.4 is 0 Å². The summed E-state index contributed by atoms with van der Waals surface area (Å²) >= 11 is 9.62. The van der Waals surface area contributed by atoms with Gasteiger partial charge in [-0.05, 0) is 18.2 Å². The summed E-state index contributed by atoms with van der Waals surface area (Å²) in [4.78, 5) is 16.0. The number of hydrogen-bond donors (Lipinski definition) is 1. The second kappa shape index (κ2) is 5.47. The van der Waals surface area contributed by atoms with Crippen molar-refractivity contribution in [1.82, 2.24) is 4.98 Å². The molecule has 21 heavy (non-hydrogen) atoms. The van der Waals surface area contributed by atoms with Gasteiger partial charge < -0.3 is 5.11 Å². The molecule has 0 amide bonds. The maximum absolute atomic E-state index is 11.5. The van der Waals surface area contributed by atoms with Crippen LogP contribution in [0.15, 0.2) is 53.0 Å². The topological polar surface area (TPSA) is 50.2 Å². The summed E-state index contributed by atoms with van der Waals surface area (Å²) in [5.41, 5.74) is 2.07. The van der Waals surface area contributed by atoms with Crippen molar-refractivity contribution in [2.45, 2.75) is 0 Å². The van der Waals surface area contributed by atoms with Gasteiger partial charge in [0, 0.05) is 15.4 Å². The van der Waals surface area contributed by atoms with E-state index in [1.807, 2.05) is 24.3 Å². The van der Waals surface area contributed by atoms with Crippen LogP contribution in [-0.4, -0.2) is 16.1 Å². The number of carboxylic acids is 1. The third-order valence-electron chi connectivity index (χ3n) is 3.17. The van der Waals surface area contributed by atoms with Gasteiger partial charge in [-0.15, -0.1) is 0 Å². The van der Waals surface area contributed by atoms with E-state index >= 15 is 0 Å². The third kappa shape index (κ3) is 2.52. The van der Waals surface area contributed by atoms with E-state index in [1.54, 1.807) is 24.3 Å². The monoisotopic (exact) mass is 361 g/mol. The predicted octanol–water partition coefficient (Wildman–Crippen LogP) is 5.02. The zero-order valence-electron chi connectivity index (χ0n) is 10.7. The molecule has 5 heteroatoms. The lowest BCUT2D eigenvalue weighted by atomic mass is 10.0. The van der Waals surface area contributed by atoms with Crippen molar-refractivity contribution < 1.29 is 9.90 Å². The van der Waals surface area contributed by atoms with Gasteiger partial charge >= 0.3 is 5.97 Å². The Hall–Kier alpha value is -1.91. The number of carbonyl (C=O) groups is 1. The predicted molar refractivity (Wildman–Crippen MR) is 86.8 cm³/mol. The molecule has 0 spiro atoms. The number of fused-ring (bicyclic) bond motifs is 1. The zero-order valence-corrected chi connectivity index (χ0v) is 13.0. The number of hydrogen-bond acceptors (Lipinski definition) is 2. The molecular formula is C16H9BrClNO2. The number of para-hydroxylation sites is 1. The average molecular weight is 363 g/mol. The van der Waals surface area contributed by atoms with E-state index in [2.05, 4.69) is 20.9 Å². The highest BCUT2D eigenvalue weighted by atomic mass is 79.9. The van der Waals surface area contributed by atoms with Crippen LogP contribution in [0.4, 0.5) is 0 Å². The summed E-state index contributed by atoms with van der Waals surface area (Å²) in [7, 11) is 0. The van der Waals surface area contributed by atoms with E-state index in [0.29, 0.717) is 21.6 Å². The van der Waals surface area contributed by atoms with E-state index in [0.717, 1.165) is 10.0 Å². The minimum absolute atomic E-state index is 0.188. The molecular weight excluding hydrogens is 354 g/mol. The highest BCUT2D eigenvalue weighted by Gasteiger charge is 2.15. The molecule has 0 radical (unpaired) electrons. The quantitative estimate of drug-likeness (QED) is 0.696. The molecule has 0 unspecified atom stereocenters. The molecule has 104 valence electrons. The van der Waals surface area contributed by atoms with Gasteiger partial charge in [0.05, 0.1) is 21.8 Å². The van der Waals surface area contributed by atoms with Crippen LogP contribution in [0.1, 0.15) is 10.4 Å². The maximum Gasteiger partial charge on any atom is 0.336 e. The van der Waals surface area contributed by atoms with Crippen LogP contribution in [0.2, 0.25) is 5.02 Å². The molecule has 0 aliphatic heterocycles. The fraction of sp³-hybridized carbons (Fsp3) is 0. The smallest absolute Gasteiger partial charge is 0.336 e. The Morgan fingerprint density at radius 2 is 1.90 bits per heavy atom. The van der Waals surface area contributed by atoms with Gasteiger partial charge in [-0.25, -0.2) is 9.78 Å². The Labute approximate surface area is 134 Å². The Morgan fingerprint density at radius 1 is 1.14 bits per heavy atom. The largest absolute Gasteiger partial charge is 0.478 e. The molecule has 3 rings (SSSR count). The normalized spacial score (nSPS) is 10.8. The van der Waals surface area contributed by atoms with Crippen LogP contribution in [0.3, 0.4) is 0 Å². The zero-order chi connectivity index (χ0) is 15.0. The second-order valence-corrected chi connectivity index (χ2v) is 5.74. The molecule has 2 aromatic carbocycles. The molecule has 3 nitrogen and oxygen atoms in total. The number of aromatic nitrogens is 1. The van der Waals surface area contributed by atoms with Gasteiger partial charge in [-0.2, -0.15) is 0 Å². The lowest BCUT2D eigenvalue weighted by Gasteiger charge is -2.09. The maximum atomic E-state index is 11.5. The number of rotatable bonds is 2. The van der Waals surface area contributed by atoms with Crippen molar-refractivity contribution in [1.29, 1.82) is 0 Å². The number of benzene rings is 2. The molecule has 0 aliphatic rings. The number of pyridine rings is 1. The molecule has 1 aromatic heterocycles. The SMILES string of the molecule is O=C(O)c1cc(-c2ccccc2Br)nc2c(Cl)cccc12. The van der Waals surface area contributed by atoms with Crippen LogP contribution in [-0.2, 0) is 0 Å². The average Bonchev–Trinajstić information content (AvgIpc) is 2.47. The van der Waals surface area contributed by atoms with Crippen molar-refractivity contribution >= 4 is 44.4 Å². The van der Waals surface area contributed by atoms with Crippen LogP contribution in [0, 0.1) is 0 Å². The Balaban J connectivity index is 2.38. The van der Waals surface area contributed by atoms with Gasteiger partial charge in [-0.1, -0.05) is 57.9 Å². The molecule has 1 N–H and O–H groups in total. The lowest BCUT2D eigenvalue weighted by Crippen LogP contribution is -2.00. The summed E-state index contributed by atoms with van der Waals surface area (Å²) < 4.78 is 0.847. The minimum Gasteiger partial charge on any atom is -0.478 e. The molecule has 0 aliphatic carbocycles. The first kappa shape index (κ1) is 14.0. The van der Waals surface area contributed by atoms with Crippen LogP contribution >= 0.6 is 27.5 Å². The first-order chi connectivity index (χ1) is 10.1. The molecule has 0 saturated heterocycles. The van der Waals surface area contributed by atoms with Crippen molar-refractivity contribution in [3.05, 3.63) is 63.6 Å². The highest BCUT2D eigenvalue weighted by molar-refractivity contribution is 9.10. The summed E-state index contributed by atoms with van der Waals surface area (Å²) in [6.45, 7) is 0. The minimum atomic E-state index is -1.00. The van der Waals surface area contributed by atoms with Gasteiger partial charge in [0.15, 0.2) is 0 Å². The first-order valence-electron chi connectivity index (χ1n) is 6.15. The Bertz CT molecular complexity index is 864. The molecule has 1 heterocycles. The van der Waals surface area contributed by atoms with Gasteiger partial charge in [0.25, 0.3) is 0 Å². The Kier molecular flexibility index (Phi) is 3.66. The number of carboxylic acid groups (broad SMARTS) is 1. The third-order valence-corrected chi connectivity index (χ3v) is 4.17. The van der Waals surface area contributed by atoms with Crippen molar-refractivity contribution in [2.75, 3.05) is 0 Å². The van der Waals surface area contributed by atoms with Gasteiger partial charge in [0.1, 0.15) is 0 Å². The second-order valence-electron chi connectivity index (χ2n) is 4.48. The van der Waals surface area contributed by atoms with E-state index in [1.165, 1.54) is 0 Å². The van der Waals surface area contributed by atoms with Crippen molar-refractivity contribution in [3.8, 4) is 11.3 Å². The van der Waals surface area contributed by atoms with Gasteiger partial charge in [-0.3, -0.25) is 0 Å². The fourth-order valence-electron chi connectivity index (χ4n) is 2.20. The lowest BCUT2D eigenvalue weighted by molar-refractivity contribution is 0.0699. The van der Waals surface area contributed by atoms with Crippen LogP contribution in [0.5, 0.6) is 0 Å².